The lowest BCUT2D eigenvalue weighted by Crippen LogP contribution is -2.41. The number of rotatable bonds is 4. The number of morpholine rings is 1. The third-order valence-corrected chi connectivity index (χ3v) is 2.88. The Labute approximate surface area is 113 Å². The largest absolute Gasteiger partial charge is 0.378 e. The lowest BCUT2D eigenvalue weighted by atomic mass is 10.2. The van der Waals surface area contributed by atoms with E-state index in [0.29, 0.717) is 43.7 Å². The standard InChI is InChI=1S/C13H20N4O2/c1-10(2)8-14-12-7-11(15-9-16-12)13(18)17-3-5-19-6-4-17/h7,9-10H,3-6,8H2,1-2H3,(H,14,15,16). The van der Waals surface area contributed by atoms with Gasteiger partial charge in [0.15, 0.2) is 0 Å². The highest BCUT2D eigenvalue weighted by Gasteiger charge is 2.19. The molecule has 0 spiro atoms. The first-order chi connectivity index (χ1) is 9.16. The molecule has 0 aromatic carbocycles. The van der Waals surface area contributed by atoms with Gasteiger partial charge in [0.05, 0.1) is 13.2 Å². The Kier molecular flexibility index (Phi) is 4.68. The molecule has 0 bridgehead atoms. The Balaban J connectivity index is 2.02. The molecule has 1 aliphatic heterocycles. The van der Waals surface area contributed by atoms with Crippen LogP contribution in [0.1, 0.15) is 24.3 Å². The Morgan fingerprint density at radius 2 is 2.16 bits per heavy atom. The summed E-state index contributed by atoms with van der Waals surface area (Å²) in [5.41, 5.74) is 0.433. The van der Waals surface area contributed by atoms with Crippen molar-refractivity contribution in [1.82, 2.24) is 14.9 Å². The number of carbonyl (C=O) groups is 1. The van der Waals surface area contributed by atoms with Gasteiger partial charge in [0, 0.05) is 25.7 Å². The predicted octanol–water partition coefficient (Wildman–Crippen LogP) is 1.02. The number of amides is 1. The van der Waals surface area contributed by atoms with Crippen molar-refractivity contribution in [2.24, 2.45) is 5.92 Å². The third-order valence-electron chi connectivity index (χ3n) is 2.88. The van der Waals surface area contributed by atoms with Crippen LogP contribution in [-0.4, -0.2) is 53.6 Å². The van der Waals surface area contributed by atoms with E-state index in [-0.39, 0.29) is 5.91 Å². The SMILES string of the molecule is CC(C)CNc1cc(C(=O)N2CCOCC2)ncn1. The molecular weight excluding hydrogens is 244 g/mol. The monoisotopic (exact) mass is 264 g/mol. The highest BCUT2D eigenvalue weighted by atomic mass is 16.5. The highest BCUT2D eigenvalue weighted by molar-refractivity contribution is 5.92. The second-order valence-corrected chi connectivity index (χ2v) is 4.97. The third kappa shape index (κ3) is 3.89. The molecule has 1 fully saturated rings. The Hall–Kier alpha value is -1.69. The van der Waals surface area contributed by atoms with Crippen molar-refractivity contribution in [2.75, 3.05) is 38.2 Å². The van der Waals surface area contributed by atoms with Gasteiger partial charge in [-0.2, -0.15) is 0 Å². The highest BCUT2D eigenvalue weighted by Crippen LogP contribution is 2.09. The van der Waals surface area contributed by atoms with Gasteiger partial charge >= 0.3 is 0 Å². The summed E-state index contributed by atoms with van der Waals surface area (Å²) in [6.07, 6.45) is 1.43. The van der Waals surface area contributed by atoms with Crippen LogP contribution < -0.4 is 5.32 Å². The zero-order valence-corrected chi connectivity index (χ0v) is 11.4. The van der Waals surface area contributed by atoms with Crippen LogP contribution in [0.15, 0.2) is 12.4 Å². The van der Waals surface area contributed by atoms with Gasteiger partial charge in [-0.05, 0) is 5.92 Å². The zero-order valence-electron chi connectivity index (χ0n) is 11.4. The van der Waals surface area contributed by atoms with Crippen LogP contribution in [0.4, 0.5) is 5.82 Å². The molecule has 1 aliphatic rings. The molecule has 1 saturated heterocycles. The first-order valence-electron chi connectivity index (χ1n) is 6.60. The normalized spacial score (nSPS) is 15.6. The van der Waals surface area contributed by atoms with E-state index in [1.807, 2.05) is 0 Å². The average Bonchev–Trinajstić information content (AvgIpc) is 2.45. The fourth-order valence-corrected chi connectivity index (χ4v) is 1.81. The van der Waals surface area contributed by atoms with Crippen LogP contribution in [0.25, 0.3) is 0 Å². The predicted molar refractivity (Wildman–Crippen MR) is 72.1 cm³/mol. The summed E-state index contributed by atoms with van der Waals surface area (Å²) in [6.45, 7) is 7.49. The molecule has 104 valence electrons. The van der Waals surface area contributed by atoms with E-state index in [1.54, 1.807) is 11.0 Å². The van der Waals surface area contributed by atoms with Gasteiger partial charge in [0.2, 0.25) is 0 Å². The number of carbonyl (C=O) groups excluding carboxylic acids is 1. The Bertz CT molecular complexity index is 430. The van der Waals surface area contributed by atoms with Gasteiger partial charge in [-0.3, -0.25) is 4.79 Å². The quantitative estimate of drug-likeness (QED) is 0.879. The average molecular weight is 264 g/mol. The molecule has 0 unspecified atom stereocenters. The van der Waals surface area contributed by atoms with Crippen LogP contribution in [-0.2, 0) is 4.74 Å². The molecule has 6 heteroatoms. The number of nitrogens with one attached hydrogen (secondary N) is 1. The summed E-state index contributed by atoms with van der Waals surface area (Å²) in [5.74, 6) is 1.16. The van der Waals surface area contributed by atoms with Gasteiger partial charge < -0.3 is 15.0 Å². The lowest BCUT2D eigenvalue weighted by Gasteiger charge is -2.26. The van der Waals surface area contributed by atoms with E-state index in [4.69, 9.17) is 4.74 Å². The van der Waals surface area contributed by atoms with Crippen LogP contribution in [0.3, 0.4) is 0 Å². The fourth-order valence-electron chi connectivity index (χ4n) is 1.81. The van der Waals surface area contributed by atoms with Crippen LogP contribution in [0.2, 0.25) is 0 Å². The molecular formula is C13H20N4O2. The van der Waals surface area contributed by atoms with Crippen molar-refractivity contribution in [3.8, 4) is 0 Å². The number of nitrogens with zero attached hydrogens (tertiary/aromatic N) is 3. The van der Waals surface area contributed by atoms with Crippen LogP contribution >= 0.6 is 0 Å². The van der Waals surface area contributed by atoms with Crippen LogP contribution in [0.5, 0.6) is 0 Å². The van der Waals surface area contributed by atoms with Gasteiger partial charge in [-0.25, -0.2) is 9.97 Å². The van der Waals surface area contributed by atoms with E-state index in [2.05, 4.69) is 29.1 Å². The zero-order chi connectivity index (χ0) is 13.7. The van der Waals surface area contributed by atoms with E-state index in [0.717, 1.165) is 6.54 Å². The smallest absolute Gasteiger partial charge is 0.272 e. The van der Waals surface area contributed by atoms with E-state index < -0.39 is 0 Å². The van der Waals surface area contributed by atoms with Crippen LogP contribution in [0, 0.1) is 5.92 Å². The van der Waals surface area contributed by atoms with Crippen molar-refractivity contribution in [3.63, 3.8) is 0 Å². The molecule has 2 heterocycles. The molecule has 1 aromatic rings. The van der Waals surface area contributed by atoms with Crippen molar-refractivity contribution >= 4 is 11.7 Å². The number of anilines is 1. The van der Waals surface area contributed by atoms with Crippen molar-refractivity contribution in [2.45, 2.75) is 13.8 Å². The Morgan fingerprint density at radius 1 is 1.42 bits per heavy atom. The minimum atomic E-state index is -0.0571. The number of hydrogen-bond donors (Lipinski definition) is 1. The number of ether oxygens (including phenoxy) is 1. The molecule has 0 atom stereocenters. The lowest BCUT2D eigenvalue weighted by molar-refractivity contribution is 0.0299. The second-order valence-electron chi connectivity index (χ2n) is 4.97. The molecule has 0 aliphatic carbocycles. The first-order valence-corrected chi connectivity index (χ1v) is 6.60. The number of aromatic nitrogens is 2. The summed E-state index contributed by atoms with van der Waals surface area (Å²) < 4.78 is 5.24. The van der Waals surface area contributed by atoms with E-state index in [9.17, 15) is 4.79 Å². The molecule has 6 nitrogen and oxygen atoms in total. The first kappa shape index (κ1) is 13.7. The maximum Gasteiger partial charge on any atom is 0.272 e. The number of hydrogen-bond acceptors (Lipinski definition) is 5. The topological polar surface area (TPSA) is 67.4 Å². The molecule has 1 N–H and O–H groups in total. The minimum Gasteiger partial charge on any atom is -0.378 e. The van der Waals surface area contributed by atoms with Gasteiger partial charge in [0.25, 0.3) is 5.91 Å². The van der Waals surface area contributed by atoms with Crippen molar-refractivity contribution in [1.29, 1.82) is 0 Å². The van der Waals surface area contributed by atoms with Crippen molar-refractivity contribution < 1.29 is 9.53 Å². The summed E-state index contributed by atoms with van der Waals surface area (Å²) in [4.78, 5) is 22.2. The van der Waals surface area contributed by atoms with E-state index in [1.165, 1.54) is 6.33 Å². The molecule has 19 heavy (non-hydrogen) atoms. The van der Waals surface area contributed by atoms with Gasteiger partial charge in [-0.1, -0.05) is 13.8 Å². The maximum absolute atomic E-state index is 12.2. The summed E-state index contributed by atoms with van der Waals surface area (Å²) in [5, 5.41) is 3.20. The molecule has 0 radical (unpaired) electrons. The Morgan fingerprint density at radius 3 is 2.84 bits per heavy atom. The second kappa shape index (κ2) is 6.47. The summed E-state index contributed by atoms with van der Waals surface area (Å²) in [6, 6.07) is 1.71. The minimum absolute atomic E-state index is 0.0571. The fraction of sp³-hybridized carbons (Fsp3) is 0.615. The summed E-state index contributed by atoms with van der Waals surface area (Å²) in [7, 11) is 0. The van der Waals surface area contributed by atoms with Crippen molar-refractivity contribution in [3.05, 3.63) is 18.1 Å². The molecule has 1 aromatic heterocycles. The molecule has 1 amide bonds. The van der Waals surface area contributed by atoms with Gasteiger partial charge in [-0.15, -0.1) is 0 Å². The maximum atomic E-state index is 12.2. The van der Waals surface area contributed by atoms with E-state index >= 15 is 0 Å². The van der Waals surface area contributed by atoms with Gasteiger partial charge in [0.1, 0.15) is 17.8 Å². The summed E-state index contributed by atoms with van der Waals surface area (Å²) >= 11 is 0. The molecule has 0 saturated carbocycles. The molecule has 2 rings (SSSR count).